The molecule has 0 saturated heterocycles. The van der Waals surface area contributed by atoms with E-state index in [4.69, 9.17) is 10.4 Å². The number of carboxylic acids is 1. The zero-order valence-corrected chi connectivity index (χ0v) is 10.2. The van der Waals surface area contributed by atoms with Gasteiger partial charge in [-0.3, -0.25) is 9.59 Å². The van der Waals surface area contributed by atoms with Gasteiger partial charge in [0.2, 0.25) is 5.91 Å². The Kier molecular flexibility index (Phi) is 4.50. The van der Waals surface area contributed by atoms with Gasteiger partial charge in [-0.25, -0.2) is 0 Å². The van der Waals surface area contributed by atoms with E-state index in [-0.39, 0.29) is 23.7 Å². The molecule has 0 aromatic carbocycles. The summed E-state index contributed by atoms with van der Waals surface area (Å²) >= 11 is 0. The zero-order chi connectivity index (χ0) is 13.0. The van der Waals surface area contributed by atoms with Crippen LogP contribution in [0.4, 0.5) is 0 Å². The predicted molar refractivity (Wildman–Crippen MR) is 60.9 cm³/mol. The Morgan fingerprint density at radius 3 is 2.53 bits per heavy atom. The number of hydrogen-bond acceptors (Lipinski definition) is 3. The van der Waals surface area contributed by atoms with Gasteiger partial charge < -0.3 is 10.0 Å². The van der Waals surface area contributed by atoms with Crippen LogP contribution < -0.4 is 0 Å². The summed E-state index contributed by atoms with van der Waals surface area (Å²) in [6, 6.07) is 2.08. The molecule has 3 unspecified atom stereocenters. The van der Waals surface area contributed by atoms with Gasteiger partial charge >= 0.3 is 5.97 Å². The molecule has 17 heavy (non-hydrogen) atoms. The minimum Gasteiger partial charge on any atom is -0.481 e. The van der Waals surface area contributed by atoms with E-state index >= 15 is 0 Å². The average Bonchev–Trinajstić information content (AvgIpc) is 2.77. The lowest BCUT2D eigenvalue weighted by Gasteiger charge is -2.21. The van der Waals surface area contributed by atoms with Crippen LogP contribution in [0.15, 0.2) is 0 Å². The number of carboxylic acid groups (broad SMARTS) is 1. The Labute approximate surface area is 101 Å². The Balaban J connectivity index is 2.49. The molecule has 0 aromatic heterocycles. The SMILES string of the molecule is CC(C#N)CN(C)C(=O)C1CCC(C(=O)O)C1. The van der Waals surface area contributed by atoms with Crippen LogP contribution in [0, 0.1) is 29.1 Å². The molecule has 3 atom stereocenters. The van der Waals surface area contributed by atoms with Gasteiger partial charge in [-0.1, -0.05) is 0 Å². The molecule has 5 heteroatoms. The first-order valence-corrected chi connectivity index (χ1v) is 5.83. The number of amides is 1. The summed E-state index contributed by atoms with van der Waals surface area (Å²) in [6.45, 7) is 2.17. The third-order valence-corrected chi connectivity index (χ3v) is 3.28. The van der Waals surface area contributed by atoms with Crippen molar-refractivity contribution in [2.24, 2.45) is 17.8 Å². The van der Waals surface area contributed by atoms with Gasteiger partial charge in [0.1, 0.15) is 0 Å². The largest absolute Gasteiger partial charge is 0.481 e. The molecule has 1 N–H and O–H groups in total. The number of carbonyl (C=O) groups excluding carboxylic acids is 1. The Hall–Kier alpha value is -1.57. The normalized spacial score (nSPS) is 25.0. The van der Waals surface area contributed by atoms with E-state index in [1.165, 1.54) is 0 Å². The number of nitrogens with zero attached hydrogens (tertiary/aromatic N) is 2. The number of hydrogen-bond donors (Lipinski definition) is 1. The van der Waals surface area contributed by atoms with E-state index in [1.807, 2.05) is 0 Å². The number of carbonyl (C=O) groups is 2. The first kappa shape index (κ1) is 13.5. The second-order valence-electron chi connectivity index (χ2n) is 4.79. The highest BCUT2D eigenvalue weighted by atomic mass is 16.4. The second kappa shape index (κ2) is 5.67. The van der Waals surface area contributed by atoms with Crippen molar-refractivity contribution in [1.82, 2.24) is 4.90 Å². The lowest BCUT2D eigenvalue weighted by atomic mass is 10.0. The molecule has 0 aliphatic heterocycles. The molecule has 1 aliphatic rings. The molecule has 0 heterocycles. The smallest absolute Gasteiger partial charge is 0.306 e. The van der Waals surface area contributed by atoms with Crippen LogP contribution in [-0.2, 0) is 9.59 Å². The van der Waals surface area contributed by atoms with E-state index < -0.39 is 5.97 Å². The van der Waals surface area contributed by atoms with Crippen LogP contribution in [0.3, 0.4) is 0 Å². The van der Waals surface area contributed by atoms with Gasteiger partial charge in [-0.15, -0.1) is 0 Å². The third kappa shape index (κ3) is 3.45. The molecule has 94 valence electrons. The molecular weight excluding hydrogens is 220 g/mol. The maximum atomic E-state index is 12.0. The molecule has 0 radical (unpaired) electrons. The third-order valence-electron chi connectivity index (χ3n) is 3.28. The Bertz CT molecular complexity index is 348. The lowest BCUT2D eigenvalue weighted by molar-refractivity contribution is -0.141. The summed E-state index contributed by atoms with van der Waals surface area (Å²) in [4.78, 5) is 24.3. The van der Waals surface area contributed by atoms with Gasteiger partial charge in [0, 0.05) is 19.5 Å². The van der Waals surface area contributed by atoms with Gasteiger partial charge in [0.05, 0.1) is 17.9 Å². The average molecular weight is 238 g/mol. The van der Waals surface area contributed by atoms with Crippen molar-refractivity contribution in [3.8, 4) is 6.07 Å². The van der Waals surface area contributed by atoms with Crippen LogP contribution in [0.25, 0.3) is 0 Å². The lowest BCUT2D eigenvalue weighted by Crippen LogP contribution is -2.35. The molecule has 1 rings (SSSR count). The molecule has 1 saturated carbocycles. The van der Waals surface area contributed by atoms with E-state index in [0.717, 1.165) is 0 Å². The quantitative estimate of drug-likeness (QED) is 0.795. The summed E-state index contributed by atoms with van der Waals surface area (Å²) in [5.41, 5.74) is 0. The molecule has 1 fully saturated rings. The van der Waals surface area contributed by atoms with Gasteiger partial charge in [0.25, 0.3) is 0 Å². The maximum Gasteiger partial charge on any atom is 0.306 e. The summed E-state index contributed by atoms with van der Waals surface area (Å²) in [5, 5.41) is 17.5. The van der Waals surface area contributed by atoms with Crippen molar-refractivity contribution in [3.63, 3.8) is 0 Å². The first-order chi connectivity index (χ1) is 7.95. The standard InChI is InChI=1S/C12H18N2O3/c1-8(6-13)7-14(2)11(15)9-3-4-10(5-9)12(16)17/h8-10H,3-5,7H2,1-2H3,(H,16,17). The van der Waals surface area contributed by atoms with Crippen LogP contribution in [0.1, 0.15) is 26.2 Å². The van der Waals surface area contributed by atoms with Gasteiger partial charge in [0.15, 0.2) is 0 Å². The van der Waals surface area contributed by atoms with Crippen molar-refractivity contribution < 1.29 is 14.7 Å². The topological polar surface area (TPSA) is 81.4 Å². The highest BCUT2D eigenvalue weighted by molar-refractivity contribution is 5.80. The zero-order valence-electron chi connectivity index (χ0n) is 10.2. The van der Waals surface area contributed by atoms with E-state index in [1.54, 1.807) is 18.9 Å². The van der Waals surface area contributed by atoms with Crippen molar-refractivity contribution >= 4 is 11.9 Å². The second-order valence-corrected chi connectivity index (χ2v) is 4.79. The molecule has 1 aliphatic carbocycles. The molecule has 5 nitrogen and oxygen atoms in total. The fraction of sp³-hybridized carbons (Fsp3) is 0.750. The van der Waals surface area contributed by atoms with E-state index in [9.17, 15) is 9.59 Å². The minimum absolute atomic E-state index is 0.0316. The first-order valence-electron chi connectivity index (χ1n) is 5.83. The fourth-order valence-electron chi connectivity index (χ4n) is 2.28. The summed E-state index contributed by atoms with van der Waals surface area (Å²) in [5.74, 6) is -1.61. The highest BCUT2D eigenvalue weighted by Gasteiger charge is 2.35. The van der Waals surface area contributed by atoms with Crippen molar-refractivity contribution in [2.75, 3.05) is 13.6 Å². The van der Waals surface area contributed by atoms with E-state index in [2.05, 4.69) is 6.07 Å². The van der Waals surface area contributed by atoms with Crippen molar-refractivity contribution in [1.29, 1.82) is 5.26 Å². The monoisotopic (exact) mass is 238 g/mol. The Morgan fingerprint density at radius 2 is 2.06 bits per heavy atom. The molecular formula is C12H18N2O3. The van der Waals surface area contributed by atoms with Crippen LogP contribution in [0.5, 0.6) is 0 Å². The molecule has 1 amide bonds. The molecule has 0 spiro atoms. The summed E-state index contributed by atoms with van der Waals surface area (Å²) in [7, 11) is 1.67. The van der Waals surface area contributed by atoms with Gasteiger partial charge in [-0.05, 0) is 26.2 Å². The summed E-state index contributed by atoms with van der Waals surface area (Å²) in [6.07, 6.45) is 1.65. The molecule has 0 bridgehead atoms. The predicted octanol–water partition coefficient (Wildman–Crippen LogP) is 1.11. The maximum absolute atomic E-state index is 12.0. The van der Waals surface area contributed by atoms with Crippen LogP contribution in [0.2, 0.25) is 0 Å². The van der Waals surface area contributed by atoms with Crippen LogP contribution >= 0.6 is 0 Å². The highest BCUT2D eigenvalue weighted by Crippen LogP contribution is 2.32. The minimum atomic E-state index is -0.812. The van der Waals surface area contributed by atoms with Crippen molar-refractivity contribution in [3.05, 3.63) is 0 Å². The fourth-order valence-corrected chi connectivity index (χ4v) is 2.28. The number of rotatable bonds is 4. The molecule has 0 aromatic rings. The number of aliphatic carboxylic acids is 1. The van der Waals surface area contributed by atoms with E-state index in [0.29, 0.717) is 25.8 Å². The Morgan fingerprint density at radius 1 is 1.47 bits per heavy atom. The number of nitriles is 1. The van der Waals surface area contributed by atoms with Crippen molar-refractivity contribution in [2.45, 2.75) is 26.2 Å². The van der Waals surface area contributed by atoms with Crippen LogP contribution in [-0.4, -0.2) is 35.5 Å². The van der Waals surface area contributed by atoms with Gasteiger partial charge in [-0.2, -0.15) is 5.26 Å². The summed E-state index contributed by atoms with van der Waals surface area (Å²) < 4.78 is 0.